The fourth-order valence-corrected chi connectivity index (χ4v) is 2.52. The highest BCUT2D eigenvalue weighted by Crippen LogP contribution is 2.27. The number of benzene rings is 2. The molecule has 0 aliphatic rings. The Morgan fingerprint density at radius 1 is 1.05 bits per heavy atom. The van der Waals surface area contributed by atoms with Gasteiger partial charge >= 0.3 is 0 Å². The highest BCUT2D eigenvalue weighted by Gasteiger charge is 2.13. The van der Waals surface area contributed by atoms with Gasteiger partial charge in [0.25, 0.3) is 0 Å². The van der Waals surface area contributed by atoms with Crippen LogP contribution < -0.4 is 10.1 Å². The Hall–Kier alpha value is -1.51. The molecule has 1 N–H and O–H groups in total. The van der Waals surface area contributed by atoms with Crippen molar-refractivity contribution in [1.29, 1.82) is 0 Å². The quantitative estimate of drug-likeness (QED) is 0.832. The Balaban J connectivity index is 2.31. The third kappa shape index (κ3) is 3.99. The first-order valence-corrected chi connectivity index (χ1v) is 7.75. The van der Waals surface area contributed by atoms with Crippen molar-refractivity contribution in [1.82, 2.24) is 5.32 Å². The van der Waals surface area contributed by atoms with E-state index in [0.717, 1.165) is 22.9 Å². The molecule has 2 rings (SSSR count). The van der Waals surface area contributed by atoms with Gasteiger partial charge in [-0.25, -0.2) is 0 Å². The van der Waals surface area contributed by atoms with E-state index in [1.54, 1.807) is 0 Å². The van der Waals surface area contributed by atoms with E-state index in [-0.39, 0.29) is 6.04 Å². The van der Waals surface area contributed by atoms with Crippen LogP contribution >= 0.6 is 11.6 Å². The zero-order valence-corrected chi connectivity index (χ0v) is 13.6. The summed E-state index contributed by atoms with van der Waals surface area (Å²) in [6, 6.07) is 14.6. The first-order chi connectivity index (χ1) is 10.2. The minimum Gasteiger partial charge on any atom is -0.494 e. The zero-order chi connectivity index (χ0) is 15.2. The summed E-state index contributed by atoms with van der Waals surface area (Å²) in [6.45, 7) is 7.73. The van der Waals surface area contributed by atoms with Crippen LogP contribution in [0.15, 0.2) is 42.5 Å². The van der Waals surface area contributed by atoms with Crippen molar-refractivity contribution < 1.29 is 4.74 Å². The molecule has 0 bridgehead atoms. The molecule has 0 aromatic heterocycles. The van der Waals surface area contributed by atoms with E-state index in [1.165, 1.54) is 11.1 Å². The lowest BCUT2D eigenvalue weighted by atomic mass is 9.97. The first-order valence-electron chi connectivity index (χ1n) is 7.37. The summed E-state index contributed by atoms with van der Waals surface area (Å²) in [4.78, 5) is 0. The molecule has 1 atom stereocenters. The summed E-state index contributed by atoms with van der Waals surface area (Å²) < 4.78 is 5.50. The van der Waals surface area contributed by atoms with Gasteiger partial charge < -0.3 is 10.1 Å². The summed E-state index contributed by atoms with van der Waals surface area (Å²) in [7, 11) is 0. The molecule has 0 aliphatic heterocycles. The molecule has 0 saturated carbocycles. The summed E-state index contributed by atoms with van der Waals surface area (Å²) in [5.41, 5.74) is 3.55. The average molecular weight is 304 g/mol. The Morgan fingerprint density at radius 2 is 1.71 bits per heavy atom. The third-order valence-electron chi connectivity index (χ3n) is 3.45. The Bertz CT molecular complexity index is 580. The standard InChI is InChI=1S/C18H22ClNO/c1-4-20-18(15-8-11-17(19)13(3)12-15)14-6-9-16(10-7-14)21-5-2/h6-12,18,20H,4-5H2,1-3H3. The van der Waals surface area contributed by atoms with Gasteiger partial charge in [0.15, 0.2) is 0 Å². The van der Waals surface area contributed by atoms with E-state index in [9.17, 15) is 0 Å². The predicted molar refractivity (Wildman–Crippen MR) is 89.3 cm³/mol. The van der Waals surface area contributed by atoms with Gasteiger partial charge in [-0.1, -0.05) is 42.8 Å². The number of aryl methyl sites for hydroxylation is 1. The topological polar surface area (TPSA) is 21.3 Å². The van der Waals surface area contributed by atoms with Crippen LogP contribution in [0.25, 0.3) is 0 Å². The smallest absolute Gasteiger partial charge is 0.119 e. The SMILES string of the molecule is CCNC(c1ccc(OCC)cc1)c1ccc(Cl)c(C)c1. The minimum atomic E-state index is 0.168. The number of nitrogens with one attached hydrogen (secondary N) is 1. The van der Waals surface area contributed by atoms with Gasteiger partial charge in [-0.15, -0.1) is 0 Å². The van der Waals surface area contributed by atoms with E-state index in [1.807, 2.05) is 32.0 Å². The molecule has 0 amide bonds. The van der Waals surface area contributed by atoms with Gasteiger partial charge in [-0.05, 0) is 55.3 Å². The molecule has 1 unspecified atom stereocenters. The van der Waals surface area contributed by atoms with Crippen molar-refractivity contribution in [3.63, 3.8) is 0 Å². The van der Waals surface area contributed by atoms with Gasteiger partial charge in [0.05, 0.1) is 12.6 Å². The molecular formula is C18H22ClNO. The zero-order valence-electron chi connectivity index (χ0n) is 12.8. The van der Waals surface area contributed by atoms with Crippen molar-refractivity contribution in [2.45, 2.75) is 26.8 Å². The van der Waals surface area contributed by atoms with Crippen LogP contribution in [0.5, 0.6) is 5.75 Å². The van der Waals surface area contributed by atoms with Crippen molar-refractivity contribution in [3.8, 4) is 5.75 Å². The van der Waals surface area contributed by atoms with Crippen molar-refractivity contribution in [2.75, 3.05) is 13.2 Å². The maximum absolute atomic E-state index is 6.13. The fraction of sp³-hybridized carbons (Fsp3) is 0.333. The predicted octanol–water partition coefficient (Wildman–Crippen LogP) is 4.75. The maximum Gasteiger partial charge on any atom is 0.119 e. The number of ether oxygens (including phenoxy) is 1. The molecule has 0 aliphatic carbocycles. The molecule has 0 fully saturated rings. The van der Waals surface area contributed by atoms with Crippen LogP contribution in [0.2, 0.25) is 5.02 Å². The van der Waals surface area contributed by atoms with E-state index < -0.39 is 0 Å². The van der Waals surface area contributed by atoms with Crippen LogP contribution in [0.1, 0.15) is 36.6 Å². The Morgan fingerprint density at radius 3 is 2.29 bits per heavy atom. The molecule has 2 aromatic rings. The van der Waals surface area contributed by atoms with Crippen LogP contribution in [0.3, 0.4) is 0 Å². The summed E-state index contributed by atoms with van der Waals surface area (Å²) in [5, 5.41) is 4.34. The lowest BCUT2D eigenvalue weighted by Crippen LogP contribution is -2.22. The largest absolute Gasteiger partial charge is 0.494 e. The first kappa shape index (κ1) is 15.9. The van der Waals surface area contributed by atoms with E-state index >= 15 is 0 Å². The molecule has 0 spiro atoms. The van der Waals surface area contributed by atoms with Crippen LogP contribution in [-0.4, -0.2) is 13.2 Å². The van der Waals surface area contributed by atoms with Crippen LogP contribution in [0.4, 0.5) is 0 Å². The monoisotopic (exact) mass is 303 g/mol. The summed E-state index contributed by atoms with van der Waals surface area (Å²) in [6.07, 6.45) is 0. The second kappa shape index (κ2) is 7.48. The van der Waals surface area contributed by atoms with Gasteiger partial charge in [0.2, 0.25) is 0 Å². The Labute approximate surface area is 132 Å². The molecule has 21 heavy (non-hydrogen) atoms. The molecule has 2 aromatic carbocycles. The van der Waals surface area contributed by atoms with E-state index in [2.05, 4.69) is 36.5 Å². The van der Waals surface area contributed by atoms with Gasteiger partial charge in [-0.3, -0.25) is 0 Å². The number of halogens is 1. The number of hydrogen-bond acceptors (Lipinski definition) is 2. The van der Waals surface area contributed by atoms with Crippen molar-refractivity contribution in [3.05, 3.63) is 64.2 Å². The van der Waals surface area contributed by atoms with Crippen molar-refractivity contribution >= 4 is 11.6 Å². The molecule has 3 heteroatoms. The number of hydrogen-bond donors (Lipinski definition) is 1. The van der Waals surface area contributed by atoms with E-state index in [0.29, 0.717) is 6.61 Å². The molecule has 0 saturated heterocycles. The van der Waals surface area contributed by atoms with Crippen LogP contribution in [-0.2, 0) is 0 Å². The van der Waals surface area contributed by atoms with Gasteiger partial charge in [0, 0.05) is 5.02 Å². The molecule has 0 radical (unpaired) electrons. The Kier molecular flexibility index (Phi) is 5.66. The molecule has 2 nitrogen and oxygen atoms in total. The lowest BCUT2D eigenvalue weighted by Gasteiger charge is -2.20. The summed E-state index contributed by atoms with van der Waals surface area (Å²) >= 11 is 6.13. The highest BCUT2D eigenvalue weighted by molar-refractivity contribution is 6.31. The van der Waals surface area contributed by atoms with E-state index in [4.69, 9.17) is 16.3 Å². The maximum atomic E-state index is 6.13. The lowest BCUT2D eigenvalue weighted by molar-refractivity contribution is 0.340. The van der Waals surface area contributed by atoms with Gasteiger partial charge in [0.1, 0.15) is 5.75 Å². The second-order valence-corrected chi connectivity index (χ2v) is 5.41. The second-order valence-electron chi connectivity index (χ2n) is 5.00. The average Bonchev–Trinajstić information content (AvgIpc) is 2.49. The third-order valence-corrected chi connectivity index (χ3v) is 3.87. The number of rotatable bonds is 6. The van der Waals surface area contributed by atoms with Crippen LogP contribution in [0, 0.1) is 6.92 Å². The normalized spacial score (nSPS) is 12.2. The summed E-state index contributed by atoms with van der Waals surface area (Å²) in [5.74, 6) is 0.906. The van der Waals surface area contributed by atoms with Gasteiger partial charge in [-0.2, -0.15) is 0 Å². The van der Waals surface area contributed by atoms with Crippen molar-refractivity contribution in [2.24, 2.45) is 0 Å². The molecule has 112 valence electrons. The fourth-order valence-electron chi connectivity index (χ4n) is 2.40. The minimum absolute atomic E-state index is 0.168. The molecule has 0 heterocycles. The highest BCUT2D eigenvalue weighted by atomic mass is 35.5. The molecular weight excluding hydrogens is 282 g/mol.